The smallest absolute Gasteiger partial charge is 0.333 e. The molecular formula is C21H25N5O8. The summed E-state index contributed by atoms with van der Waals surface area (Å²) in [6.07, 6.45) is 2.38. The van der Waals surface area contributed by atoms with Gasteiger partial charge in [-0.3, -0.25) is 34.0 Å². The number of terminal acetylenes is 1. The van der Waals surface area contributed by atoms with E-state index in [2.05, 4.69) is 21.2 Å². The van der Waals surface area contributed by atoms with Crippen LogP contribution in [0.4, 0.5) is 5.95 Å². The molecule has 0 saturated carbocycles. The number of hydrogen-bond acceptors (Lipinski definition) is 9. The highest BCUT2D eigenvalue weighted by molar-refractivity contribution is 5.87. The predicted molar refractivity (Wildman–Crippen MR) is 118 cm³/mol. The number of anilines is 1. The topological polar surface area (TPSA) is 164 Å². The molecule has 1 fully saturated rings. The summed E-state index contributed by atoms with van der Waals surface area (Å²) in [5.74, 6) is 0.485. The third-order valence-corrected chi connectivity index (χ3v) is 5.16. The second kappa shape index (κ2) is 9.92. The van der Waals surface area contributed by atoms with Crippen molar-refractivity contribution >= 4 is 35.0 Å². The zero-order valence-corrected chi connectivity index (χ0v) is 19.1. The Balaban J connectivity index is 2.20. The first kappa shape index (κ1) is 24.7. The zero-order chi connectivity index (χ0) is 25.2. The lowest BCUT2D eigenvalue weighted by Gasteiger charge is -2.22. The highest BCUT2D eigenvalue weighted by atomic mass is 16.6. The maximum absolute atomic E-state index is 13.4. The molecule has 13 heteroatoms. The van der Waals surface area contributed by atoms with Gasteiger partial charge in [-0.05, 0) is 6.42 Å². The molecule has 1 aliphatic rings. The van der Waals surface area contributed by atoms with Gasteiger partial charge in [0.05, 0.1) is 6.54 Å². The van der Waals surface area contributed by atoms with E-state index >= 15 is 0 Å². The van der Waals surface area contributed by atoms with Crippen molar-refractivity contribution in [1.29, 1.82) is 0 Å². The number of fused-ring (bicyclic) bond motifs is 1. The third-order valence-electron chi connectivity index (χ3n) is 5.16. The van der Waals surface area contributed by atoms with Gasteiger partial charge in [-0.2, -0.15) is 4.98 Å². The SMILES string of the molecule is C#CCn1c(=O)n([C@@H]2O[C@H]([C@@H](CC)OC(C)=O)C[C@H]2OC(C)=O)c2nc(NC(C)=O)[nH]c(=O)c21. The highest BCUT2D eigenvalue weighted by Gasteiger charge is 2.45. The van der Waals surface area contributed by atoms with E-state index in [0.29, 0.717) is 6.42 Å². The summed E-state index contributed by atoms with van der Waals surface area (Å²) in [7, 11) is 0. The van der Waals surface area contributed by atoms with Crippen molar-refractivity contribution in [2.45, 2.75) is 71.6 Å². The summed E-state index contributed by atoms with van der Waals surface area (Å²) in [5, 5.41) is 2.36. The number of carbonyl (C=O) groups excluding carboxylic acids is 3. The van der Waals surface area contributed by atoms with Crippen LogP contribution in [-0.4, -0.2) is 55.3 Å². The first-order chi connectivity index (χ1) is 16.1. The molecule has 3 rings (SSSR count). The Morgan fingerprint density at radius 2 is 2.00 bits per heavy atom. The largest absolute Gasteiger partial charge is 0.460 e. The van der Waals surface area contributed by atoms with Gasteiger partial charge in [-0.25, -0.2) is 9.36 Å². The standard InChI is InChI=1S/C21H25N5O8/c1-6-8-25-16-17(23-20(22-10(3)27)24-18(16)30)26(21(25)31)19-15(33-12(5)29)9-14(34-19)13(7-2)32-11(4)28/h1,13-15,19H,7-9H2,2-5H3,(H2,22,23,24,27,30)/t13-,14+,15-,19-/m1/s1. The van der Waals surface area contributed by atoms with Crippen LogP contribution in [0.25, 0.3) is 11.2 Å². The van der Waals surface area contributed by atoms with Gasteiger partial charge in [0.25, 0.3) is 5.56 Å². The van der Waals surface area contributed by atoms with E-state index in [1.165, 1.54) is 20.8 Å². The maximum Gasteiger partial charge on any atom is 0.333 e. The number of nitrogens with one attached hydrogen (secondary N) is 2. The average Bonchev–Trinajstić information content (AvgIpc) is 3.24. The lowest BCUT2D eigenvalue weighted by molar-refractivity contribution is -0.158. The lowest BCUT2D eigenvalue weighted by Crippen LogP contribution is -2.34. The number of rotatable bonds is 7. The molecule has 0 aliphatic carbocycles. The van der Waals surface area contributed by atoms with Crippen molar-refractivity contribution in [2.75, 3.05) is 5.32 Å². The van der Waals surface area contributed by atoms with E-state index in [1.807, 2.05) is 0 Å². The molecule has 0 radical (unpaired) electrons. The minimum Gasteiger partial charge on any atom is -0.460 e. The predicted octanol–water partition coefficient (Wildman–Crippen LogP) is 0.0388. The Kier molecular flexibility index (Phi) is 7.21. The molecule has 1 amide bonds. The Bertz CT molecular complexity index is 1280. The molecule has 2 N–H and O–H groups in total. The summed E-state index contributed by atoms with van der Waals surface area (Å²) in [6, 6.07) is 0. The number of carbonyl (C=O) groups is 3. The van der Waals surface area contributed by atoms with Crippen molar-refractivity contribution in [2.24, 2.45) is 0 Å². The van der Waals surface area contributed by atoms with Gasteiger partial charge in [-0.15, -0.1) is 6.42 Å². The Hall–Kier alpha value is -3.92. The molecule has 0 unspecified atom stereocenters. The van der Waals surface area contributed by atoms with Crippen molar-refractivity contribution in [3.63, 3.8) is 0 Å². The van der Waals surface area contributed by atoms with Gasteiger partial charge >= 0.3 is 17.6 Å². The molecule has 4 atom stereocenters. The number of nitrogens with zero attached hydrogens (tertiary/aromatic N) is 3. The number of imidazole rings is 1. The molecule has 0 spiro atoms. The summed E-state index contributed by atoms with van der Waals surface area (Å²) in [6.45, 7) is 5.23. The van der Waals surface area contributed by atoms with Crippen LogP contribution >= 0.6 is 0 Å². The number of esters is 2. The Morgan fingerprint density at radius 1 is 1.29 bits per heavy atom. The Morgan fingerprint density at radius 3 is 2.56 bits per heavy atom. The lowest BCUT2D eigenvalue weighted by atomic mass is 10.1. The molecule has 13 nitrogen and oxygen atoms in total. The number of amides is 1. The molecule has 34 heavy (non-hydrogen) atoms. The minimum absolute atomic E-state index is 0.117. The number of H-pyrrole nitrogens is 1. The van der Waals surface area contributed by atoms with E-state index in [-0.39, 0.29) is 30.1 Å². The number of hydrogen-bond donors (Lipinski definition) is 2. The molecule has 0 bridgehead atoms. The first-order valence-electron chi connectivity index (χ1n) is 10.5. The fourth-order valence-electron chi connectivity index (χ4n) is 3.96. The quantitative estimate of drug-likeness (QED) is 0.415. The second-order valence-corrected chi connectivity index (χ2v) is 7.72. The molecule has 2 aromatic heterocycles. The summed E-state index contributed by atoms with van der Waals surface area (Å²) < 4.78 is 18.9. The molecular weight excluding hydrogens is 450 g/mol. The van der Waals surface area contributed by atoms with E-state index in [0.717, 1.165) is 9.13 Å². The van der Waals surface area contributed by atoms with Crippen LogP contribution in [0, 0.1) is 12.3 Å². The molecule has 0 aromatic carbocycles. The van der Waals surface area contributed by atoms with Gasteiger partial charge in [0.2, 0.25) is 11.9 Å². The van der Waals surface area contributed by atoms with Crippen LogP contribution in [0.2, 0.25) is 0 Å². The van der Waals surface area contributed by atoms with E-state index in [9.17, 15) is 24.0 Å². The minimum atomic E-state index is -1.20. The van der Waals surface area contributed by atoms with E-state index < -0.39 is 53.6 Å². The van der Waals surface area contributed by atoms with Crippen LogP contribution in [0.1, 0.15) is 46.8 Å². The van der Waals surface area contributed by atoms with Crippen molar-refractivity contribution < 1.29 is 28.6 Å². The summed E-state index contributed by atoms with van der Waals surface area (Å²) in [5.41, 5.74) is -1.71. The molecule has 1 saturated heterocycles. The maximum atomic E-state index is 13.4. The van der Waals surface area contributed by atoms with Crippen LogP contribution in [-0.2, 0) is 35.1 Å². The fourth-order valence-corrected chi connectivity index (χ4v) is 3.96. The average molecular weight is 475 g/mol. The molecule has 2 aromatic rings. The van der Waals surface area contributed by atoms with Crippen molar-refractivity contribution in [3.8, 4) is 12.3 Å². The monoisotopic (exact) mass is 475 g/mol. The second-order valence-electron chi connectivity index (χ2n) is 7.72. The fraction of sp³-hybridized carbons (Fsp3) is 0.524. The molecule has 182 valence electrons. The van der Waals surface area contributed by atoms with E-state index in [4.69, 9.17) is 20.6 Å². The number of aromatic nitrogens is 4. The van der Waals surface area contributed by atoms with Crippen LogP contribution in [0.15, 0.2) is 9.59 Å². The van der Waals surface area contributed by atoms with Crippen LogP contribution < -0.4 is 16.6 Å². The van der Waals surface area contributed by atoms with Crippen LogP contribution in [0.5, 0.6) is 0 Å². The normalized spacial score (nSPS) is 20.5. The number of ether oxygens (including phenoxy) is 3. The van der Waals surface area contributed by atoms with Gasteiger partial charge in [0.1, 0.15) is 18.3 Å². The van der Waals surface area contributed by atoms with Crippen LogP contribution in [0.3, 0.4) is 0 Å². The third kappa shape index (κ3) is 4.86. The van der Waals surface area contributed by atoms with Gasteiger partial charge < -0.3 is 14.2 Å². The van der Waals surface area contributed by atoms with Crippen molar-refractivity contribution in [1.82, 2.24) is 19.1 Å². The zero-order valence-electron chi connectivity index (χ0n) is 19.1. The number of aromatic amines is 1. The molecule has 3 heterocycles. The van der Waals surface area contributed by atoms with Gasteiger partial charge in [-0.1, -0.05) is 12.8 Å². The van der Waals surface area contributed by atoms with Gasteiger partial charge in [0, 0.05) is 27.2 Å². The Labute approximate surface area is 193 Å². The van der Waals surface area contributed by atoms with Gasteiger partial charge in [0.15, 0.2) is 17.4 Å². The molecule has 1 aliphatic heterocycles. The van der Waals surface area contributed by atoms with E-state index in [1.54, 1.807) is 6.92 Å². The summed E-state index contributed by atoms with van der Waals surface area (Å²) in [4.78, 5) is 67.5. The summed E-state index contributed by atoms with van der Waals surface area (Å²) >= 11 is 0. The first-order valence-corrected chi connectivity index (χ1v) is 10.5. The van der Waals surface area contributed by atoms with Crippen molar-refractivity contribution in [3.05, 3.63) is 20.8 Å². The highest BCUT2D eigenvalue weighted by Crippen LogP contribution is 2.35.